The van der Waals surface area contributed by atoms with Crippen molar-refractivity contribution in [2.45, 2.75) is 13.8 Å². The van der Waals surface area contributed by atoms with Crippen molar-refractivity contribution in [1.82, 2.24) is 9.88 Å². The molecular weight excluding hydrogens is 319 g/mol. The molecule has 4 nitrogen and oxygen atoms in total. The molecule has 0 aliphatic rings. The van der Waals surface area contributed by atoms with Crippen molar-refractivity contribution in [3.05, 3.63) is 65.1 Å². The van der Waals surface area contributed by atoms with Crippen molar-refractivity contribution in [3.63, 3.8) is 0 Å². The summed E-state index contributed by atoms with van der Waals surface area (Å²) in [5, 5.41) is 1.05. The first kappa shape index (κ1) is 17.0. The first-order valence-electron chi connectivity index (χ1n) is 8.18. The second kappa shape index (κ2) is 6.97. The second-order valence-corrected chi connectivity index (χ2v) is 6.23. The molecule has 2 aromatic carbocycles. The van der Waals surface area contributed by atoms with Gasteiger partial charge in [0.1, 0.15) is 12.3 Å². The van der Waals surface area contributed by atoms with Gasteiger partial charge in [0.25, 0.3) is 5.91 Å². The highest BCUT2D eigenvalue weighted by Gasteiger charge is 2.15. The molecule has 1 aromatic heterocycles. The zero-order valence-corrected chi connectivity index (χ0v) is 14.6. The number of para-hydroxylation sites is 1. The maximum Gasteiger partial charge on any atom is 0.270 e. The van der Waals surface area contributed by atoms with Crippen molar-refractivity contribution < 1.29 is 13.9 Å². The van der Waals surface area contributed by atoms with Crippen LogP contribution in [0.4, 0.5) is 4.39 Å². The van der Waals surface area contributed by atoms with E-state index in [0.29, 0.717) is 12.2 Å². The minimum Gasteiger partial charge on any atom is -0.489 e. The highest BCUT2D eigenvalue weighted by molar-refractivity contribution is 5.98. The number of aromatic nitrogens is 1. The van der Waals surface area contributed by atoms with E-state index < -0.39 is 5.82 Å². The smallest absolute Gasteiger partial charge is 0.270 e. The van der Waals surface area contributed by atoms with Crippen molar-refractivity contribution in [1.29, 1.82) is 0 Å². The fourth-order valence-corrected chi connectivity index (χ4v) is 2.88. The summed E-state index contributed by atoms with van der Waals surface area (Å²) in [6.45, 7) is 4.65. The second-order valence-electron chi connectivity index (χ2n) is 6.23. The quantitative estimate of drug-likeness (QED) is 0.761. The van der Waals surface area contributed by atoms with Crippen LogP contribution in [0.25, 0.3) is 10.9 Å². The molecule has 25 heavy (non-hydrogen) atoms. The van der Waals surface area contributed by atoms with Crippen LogP contribution >= 0.6 is 0 Å². The normalized spacial score (nSPS) is 10.9. The highest BCUT2D eigenvalue weighted by Crippen LogP contribution is 2.22. The maximum absolute atomic E-state index is 13.5. The van der Waals surface area contributed by atoms with Gasteiger partial charge in [-0.3, -0.25) is 4.79 Å². The van der Waals surface area contributed by atoms with Crippen LogP contribution in [0.15, 0.2) is 42.5 Å². The van der Waals surface area contributed by atoms with Gasteiger partial charge in [-0.15, -0.1) is 0 Å². The van der Waals surface area contributed by atoms with Gasteiger partial charge < -0.3 is 14.6 Å². The summed E-state index contributed by atoms with van der Waals surface area (Å²) in [5.41, 5.74) is 3.78. The Morgan fingerprint density at radius 1 is 1.20 bits per heavy atom. The average molecular weight is 340 g/mol. The largest absolute Gasteiger partial charge is 0.489 e. The summed E-state index contributed by atoms with van der Waals surface area (Å²) in [6, 6.07) is 12.2. The first-order valence-corrected chi connectivity index (χ1v) is 8.18. The molecule has 0 fully saturated rings. The number of likely N-dealkylation sites (N-methyl/N-ethyl adjacent to an activating group) is 1. The van der Waals surface area contributed by atoms with Gasteiger partial charge in [-0.1, -0.05) is 18.2 Å². The van der Waals surface area contributed by atoms with Crippen LogP contribution in [0.5, 0.6) is 5.75 Å². The molecule has 3 aromatic rings. The van der Waals surface area contributed by atoms with Gasteiger partial charge in [-0.25, -0.2) is 4.39 Å². The molecule has 0 atom stereocenters. The third-order valence-corrected chi connectivity index (χ3v) is 4.19. The molecule has 0 saturated carbocycles. The number of aryl methyl sites for hydroxylation is 2. The summed E-state index contributed by atoms with van der Waals surface area (Å²) in [4.78, 5) is 17.3. The number of amides is 1. The number of carbonyl (C=O) groups excluding carboxylic acids is 1. The fourth-order valence-electron chi connectivity index (χ4n) is 2.88. The molecule has 130 valence electrons. The lowest BCUT2D eigenvalue weighted by Crippen LogP contribution is -2.31. The Kier molecular flexibility index (Phi) is 4.74. The zero-order valence-electron chi connectivity index (χ0n) is 14.6. The van der Waals surface area contributed by atoms with Crippen molar-refractivity contribution >= 4 is 16.8 Å². The van der Waals surface area contributed by atoms with Crippen molar-refractivity contribution in [2.75, 3.05) is 20.2 Å². The fraction of sp³-hybridized carbons (Fsp3) is 0.250. The van der Waals surface area contributed by atoms with Gasteiger partial charge in [0, 0.05) is 18.0 Å². The van der Waals surface area contributed by atoms with E-state index in [0.717, 1.165) is 22.0 Å². The SMILES string of the molecule is Cc1cc(C)c2cc(C(=O)N(C)CCOc3ccccc3F)[nH]c2c1. The number of hydrogen-bond acceptors (Lipinski definition) is 2. The molecule has 1 N–H and O–H groups in total. The van der Waals surface area contributed by atoms with E-state index in [9.17, 15) is 9.18 Å². The lowest BCUT2D eigenvalue weighted by Gasteiger charge is -2.16. The lowest BCUT2D eigenvalue weighted by atomic mass is 10.1. The molecule has 0 spiro atoms. The standard InChI is InChI=1S/C20H21FN2O2/c1-13-10-14(2)15-12-18(22-17(15)11-13)20(24)23(3)8-9-25-19-7-5-4-6-16(19)21/h4-7,10-12,22H,8-9H2,1-3H3. The van der Waals surface area contributed by atoms with Crippen LogP contribution in [-0.2, 0) is 0 Å². The summed E-state index contributed by atoms with van der Waals surface area (Å²) >= 11 is 0. The van der Waals surface area contributed by atoms with Crippen LogP contribution in [0, 0.1) is 19.7 Å². The molecule has 0 bridgehead atoms. The number of fused-ring (bicyclic) bond motifs is 1. The number of hydrogen-bond donors (Lipinski definition) is 1. The Morgan fingerprint density at radius 2 is 1.96 bits per heavy atom. The Morgan fingerprint density at radius 3 is 2.72 bits per heavy atom. The van der Waals surface area contributed by atoms with Crippen LogP contribution < -0.4 is 4.74 Å². The van der Waals surface area contributed by atoms with Gasteiger partial charge in [0.05, 0.1) is 6.54 Å². The van der Waals surface area contributed by atoms with Crippen LogP contribution in [-0.4, -0.2) is 36.0 Å². The van der Waals surface area contributed by atoms with E-state index in [1.807, 2.05) is 26.0 Å². The van der Waals surface area contributed by atoms with E-state index in [2.05, 4.69) is 11.1 Å². The molecule has 1 heterocycles. The highest BCUT2D eigenvalue weighted by atomic mass is 19.1. The summed E-state index contributed by atoms with van der Waals surface area (Å²) in [5.74, 6) is -0.330. The minimum atomic E-state index is -0.405. The topological polar surface area (TPSA) is 45.3 Å². The third kappa shape index (κ3) is 3.65. The summed E-state index contributed by atoms with van der Waals surface area (Å²) in [7, 11) is 1.71. The Hall–Kier alpha value is -2.82. The number of nitrogens with one attached hydrogen (secondary N) is 1. The van der Waals surface area contributed by atoms with Crippen LogP contribution in [0.1, 0.15) is 21.6 Å². The third-order valence-electron chi connectivity index (χ3n) is 4.19. The van der Waals surface area contributed by atoms with E-state index >= 15 is 0 Å². The van der Waals surface area contributed by atoms with Crippen molar-refractivity contribution in [2.24, 2.45) is 0 Å². The molecular formula is C20H21FN2O2. The molecule has 0 aliphatic carbocycles. The average Bonchev–Trinajstić information content (AvgIpc) is 3.00. The Balaban J connectivity index is 1.66. The van der Waals surface area contributed by atoms with Gasteiger partial charge >= 0.3 is 0 Å². The first-order chi connectivity index (χ1) is 12.0. The molecule has 1 amide bonds. The maximum atomic E-state index is 13.5. The molecule has 0 unspecified atom stereocenters. The molecule has 5 heteroatoms. The number of H-pyrrole nitrogens is 1. The van der Waals surface area contributed by atoms with Crippen LogP contribution in [0.3, 0.4) is 0 Å². The predicted molar refractivity (Wildman–Crippen MR) is 96.6 cm³/mol. The number of ether oxygens (including phenoxy) is 1. The van der Waals surface area contributed by atoms with Gasteiger partial charge in [0.15, 0.2) is 11.6 Å². The number of carbonyl (C=O) groups is 1. The number of nitrogens with zero attached hydrogens (tertiary/aromatic N) is 1. The van der Waals surface area contributed by atoms with Gasteiger partial charge in [-0.2, -0.15) is 0 Å². The Bertz CT molecular complexity index is 917. The minimum absolute atomic E-state index is 0.120. The van der Waals surface area contributed by atoms with E-state index in [1.165, 1.54) is 6.07 Å². The molecule has 0 aliphatic heterocycles. The zero-order chi connectivity index (χ0) is 18.0. The Labute approximate surface area is 146 Å². The van der Waals surface area contributed by atoms with E-state index in [4.69, 9.17) is 4.74 Å². The summed E-state index contributed by atoms with van der Waals surface area (Å²) in [6.07, 6.45) is 0. The molecule has 3 rings (SSSR count). The van der Waals surface area contributed by atoms with Crippen molar-refractivity contribution in [3.8, 4) is 5.75 Å². The molecule has 0 radical (unpaired) electrons. The predicted octanol–water partition coefficient (Wildman–Crippen LogP) is 4.07. The summed E-state index contributed by atoms with van der Waals surface area (Å²) < 4.78 is 18.9. The van der Waals surface area contributed by atoms with Gasteiger partial charge in [-0.05, 0) is 49.2 Å². The van der Waals surface area contributed by atoms with Gasteiger partial charge in [0.2, 0.25) is 0 Å². The van der Waals surface area contributed by atoms with E-state index in [-0.39, 0.29) is 18.3 Å². The number of benzene rings is 2. The number of rotatable bonds is 5. The lowest BCUT2D eigenvalue weighted by molar-refractivity contribution is 0.0768. The number of halogens is 1. The number of aromatic amines is 1. The molecule has 0 saturated heterocycles. The van der Waals surface area contributed by atoms with E-state index in [1.54, 1.807) is 30.1 Å². The monoisotopic (exact) mass is 340 g/mol. The van der Waals surface area contributed by atoms with Crippen LogP contribution in [0.2, 0.25) is 0 Å².